The Hall–Kier alpha value is -2.25. The zero-order valence-electron chi connectivity index (χ0n) is 9.75. The minimum atomic E-state index is -1.60. The van der Waals surface area contributed by atoms with Gasteiger partial charge >= 0.3 is 0 Å². The number of anilines is 1. The van der Waals surface area contributed by atoms with Crippen LogP contribution in [0.25, 0.3) is 0 Å². The van der Waals surface area contributed by atoms with E-state index in [-0.39, 0.29) is 11.9 Å². The van der Waals surface area contributed by atoms with Crippen molar-refractivity contribution in [1.29, 1.82) is 0 Å². The fourth-order valence-electron chi connectivity index (χ4n) is 1.47. The van der Waals surface area contributed by atoms with Crippen LogP contribution in [-0.4, -0.2) is 9.78 Å². The topological polar surface area (TPSA) is 53.1 Å². The van der Waals surface area contributed by atoms with E-state index in [9.17, 15) is 17.6 Å². The second kappa shape index (κ2) is 4.79. The van der Waals surface area contributed by atoms with Gasteiger partial charge < -0.3 is 10.5 Å². The standard InChI is InChI=1S/C11H9F4N3O/c1-5-2-8(16)17-18(5)4-19-11-9(14)6(12)3-7(13)10(11)15/h2-3H,4H2,1H3,(H2,16,17). The molecule has 1 heterocycles. The van der Waals surface area contributed by atoms with Gasteiger partial charge in [-0.1, -0.05) is 0 Å². The Balaban J connectivity index is 2.27. The molecule has 0 radical (unpaired) electrons. The van der Waals surface area contributed by atoms with Gasteiger partial charge in [0.25, 0.3) is 0 Å². The largest absolute Gasteiger partial charge is 0.465 e. The molecule has 0 fully saturated rings. The lowest BCUT2D eigenvalue weighted by Crippen LogP contribution is -2.11. The van der Waals surface area contributed by atoms with Gasteiger partial charge in [-0.05, 0) is 6.92 Å². The van der Waals surface area contributed by atoms with Gasteiger partial charge in [-0.2, -0.15) is 13.9 Å². The molecule has 19 heavy (non-hydrogen) atoms. The minimum absolute atomic E-state index is 0.106. The summed E-state index contributed by atoms with van der Waals surface area (Å²) in [4.78, 5) is 0. The zero-order chi connectivity index (χ0) is 14.2. The molecule has 2 aromatic rings. The molecule has 1 aromatic heterocycles. The van der Waals surface area contributed by atoms with E-state index in [0.717, 1.165) is 0 Å². The van der Waals surface area contributed by atoms with Gasteiger partial charge in [-0.3, -0.25) is 0 Å². The summed E-state index contributed by atoms with van der Waals surface area (Å²) in [5.41, 5.74) is 5.97. The molecule has 0 saturated heterocycles. The Bertz CT molecular complexity index is 601. The van der Waals surface area contributed by atoms with Crippen molar-refractivity contribution in [3.05, 3.63) is 41.1 Å². The Morgan fingerprint density at radius 1 is 1.16 bits per heavy atom. The highest BCUT2D eigenvalue weighted by Gasteiger charge is 2.20. The molecule has 0 aliphatic heterocycles. The Labute approximate surface area is 105 Å². The van der Waals surface area contributed by atoms with Gasteiger partial charge in [0.1, 0.15) is 5.82 Å². The third-order valence-corrected chi connectivity index (χ3v) is 2.40. The molecule has 0 atom stereocenters. The Kier molecular flexibility index (Phi) is 3.32. The molecule has 8 heteroatoms. The predicted octanol–water partition coefficient (Wildman–Crippen LogP) is 2.37. The maximum atomic E-state index is 13.3. The summed E-state index contributed by atoms with van der Waals surface area (Å²) in [6.45, 7) is 1.20. The average Bonchev–Trinajstić information content (AvgIpc) is 2.65. The maximum Gasteiger partial charge on any atom is 0.204 e. The van der Waals surface area contributed by atoms with E-state index in [1.54, 1.807) is 6.92 Å². The van der Waals surface area contributed by atoms with E-state index in [2.05, 4.69) is 5.10 Å². The molecule has 0 amide bonds. The number of halogens is 4. The summed E-state index contributed by atoms with van der Waals surface area (Å²) in [5, 5.41) is 3.77. The SMILES string of the molecule is Cc1cc(N)nn1COc1c(F)c(F)cc(F)c1F. The second-order valence-electron chi connectivity index (χ2n) is 3.78. The van der Waals surface area contributed by atoms with Crippen molar-refractivity contribution in [3.63, 3.8) is 0 Å². The molecule has 2 N–H and O–H groups in total. The number of aromatic nitrogens is 2. The first-order valence-electron chi connectivity index (χ1n) is 5.16. The lowest BCUT2D eigenvalue weighted by Gasteiger charge is -2.10. The van der Waals surface area contributed by atoms with Crippen molar-refractivity contribution >= 4 is 5.82 Å². The van der Waals surface area contributed by atoms with E-state index < -0.39 is 35.7 Å². The van der Waals surface area contributed by atoms with Gasteiger partial charge in [0, 0.05) is 17.8 Å². The molecular weight excluding hydrogens is 266 g/mol. The number of aryl methyl sites for hydroxylation is 1. The molecule has 4 nitrogen and oxygen atoms in total. The highest BCUT2D eigenvalue weighted by atomic mass is 19.2. The minimum Gasteiger partial charge on any atom is -0.465 e. The fraction of sp³-hybridized carbons (Fsp3) is 0.182. The molecule has 102 valence electrons. The summed E-state index contributed by atoms with van der Waals surface area (Å²) in [6.07, 6.45) is 0. The monoisotopic (exact) mass is 275 g/mol. The van der Waals surface area contributed by atoms with Crippen molar-refractivity contribution in [1.82, 2.24) is 9.78 Å². The third kappa shape index (κ3) is 2.47. The van der Waals surface area contributed by atoms with Crippen molar-refractivity contribution < 1.29 is 22.3 Å². The van der Waals surface area contributed by atoms with E-state index >= 15 is 0 Å². The Morgan fingerprint density at radius 3 is 2.21 bits per heavy atom. The van der Waals surface area contributed by atoms with Gasteiger partial charge in [-0.15, -0.1) is 0 Å². The summed E-state index contributed by atoms with van der Waals surface area (Å²) >= 11 is 0. The van der Waals surface area contributed by atoms with Crippen LogP contribution >= 0.6 is 0 Å². The first-order chi connectivity index (χ1) is 8.90. The lowest BCUT2D eigenvalue weighted by molar-refractivity contribution is 0.193. The van der Waals surface area contributed by atoms with Crippen molar-refractivity contribution in [3.8, 4) is 5.75 Å². The number of hydrogen-bond donors (Lipinski definition) is 1. The average molecular weight is 275 g/mol. The molecule has 0 unspecified atom stereocenters. The maximum absolute atomic E-state index is 13.3. The molecule has 0 bridgehead atoms. The van der Waals surface area contributed by atoms with E-state index in [1.807, 2.05) is 0 Å². The van der Waals surface area contributed by atoms with Gasteiger partial charge in [0.15, 0.2) is 24.1 Å². The second-order valence-corrected chi connectivity index (χ2v) is 3.78. The van der Waals surface area contributed by atoms with Crippen LogP contribution in [0.4, 0.5) is 23.4 Å². The van der Waals surface area contributed by atoms with E-state index in [4.69, 9.17) is 10.5 Å². The van der Waals surface area contributed by atoms with Crippen LogP contribution in [-0.2, 0) is 6.73 Å². The van der Waals surface area contributed by atoms with Gasteiger partial charge in [-0.25, -0.2) is 13.5 Å². The number of benzene rings is 1. The van der Waals surface area contributed by atoms with Gasteiger partial charge in [0.2, 0.25) is 11.6 Å². The Morgan fingerprint density at radius 2 is 1.74 bits per heavy atom. The normalized spacial score (nSPS) is 10.8. The van der Waals surface area contributed by atoms with Crippen LogP contribution in [0.15, 0.2) is 12.1 Å². The van der Waals surface area contributed by atoms with E-state index in [1.165, 1.54) is 10.7 Å². The van der Waals surface area contributed by atoms with Crippen molar-refractivity contribution in [2.45, 2.75) is 13.7 Å². The number of nitrogens with two attached hydrogens (primary N) is 1. The quantitative estimate of drug-likeness (QED) is 0.691. The van der Waals surface area contributed by atoms with Crippen LogP contribution in [0.3, 0.4) is 0 Å². The van der Waals surface area contributed by atoms with Crippen molar-refractivity contribution in [2.75, 3.05) is 5.73 Å². The number of nitrogen functional groups attached to an aromatic ring is 1. The predicted molar refractivity (Wildman–Crippen MR) is 58.3 cm³/mol. The molecule has 0 saturated carbocycles. The van der Waals surface area contributed by atoms with Crippen LogP contribution in [0.1, 0.15) is 5.69 Å². The van der Waals surface area contributed by atoms with Gasteiger partial charge in [0.05, 0.1) is 0 Å². The molecule has 2 rings (SSSR count). The third-order valence-electron chi connectivity index (χ3n) is 2.40. The first-order valence-corrected chi connectivity index (χ1v) is 5.16. The molecule has 0 spiro atoms. The molecule has 1 aromatic carbocycles. The summed E-state index contributed by atoms with van der Waals surface area (Å²) in [7, 11) is 0. The molecule has 0 aliphatic rings. The lowest BCUT2D eigenvalue weighted by atomic mass is 10.3. The zero-order valence-corrected chi connectivity index (χ0v) is 9.75. The van der Waals surface area contributed by atoms with Crippen LogP contribution in [0.5, 0.6) is 5.75 Å². The molecular formula is C11H9F4N3O. The van der Waals surface area contributed by atoms with Crippen LogP contribution < -0.4 is 10.5 Å². The number of nitrogens with zero attached hydrogens (tertiary/aromatic N) is 2. The van der Waals surface area contributed by atoms with Crippen LogP contribution in [0, 0.1) is 30.2 Å². The van der Waals surface area contributed by atoms with Crippen LogP contribution in [0.2, 0.25) is 0 Å². The number of hydrogen-bond acceptors (Lipinski definition) is 3. The highest BCUT2D eigenvalue weighted by Crippen LogP contribution is 2.26. The number of rotatable bonds is 3. The fourth-order valence-corrected chi connectivity index (χ4v) is 1.47. The van der Waals surface area contributed by atoms with Crippen molar-refractivity contribution in [2.24, 2.45) is 0 Å². The summed E-state index contributed by atoms with van der Waals surface area (Å²) in [6, 6.07) is 1.61. The molecule has 0 aliphatic carbocycles. The smallest absolute Gasteiger partial charge is 0.204 e. The summed E-state index contributed by atoms with van der Waals surface area (Å²) in [5.74, 6) is -7.22. The summed E-state index contributed by atoms with van der Waals surface area (Å²) < 4.78 is 58.3. The highest BCUT2D eigenvalue weighted by molar-refractivity contribution is 5.30. The number of ether oxygens (including phenoxy) is 1. The first kappa shape index (κ1) is 13.2. The van der Waals surface area contributed by atoms with E-state index in [0.29, 0.717) is 5.69 Å².